The first kappa shape index (κ1) is 13.9. The standard InChI is InChI=1S/C14H9BrFNOS/c15-12-2-5-14(6-3-12)19(18)9-11-7-13(16)4-1-10(11)8-17/h1-7H,9H2. The monoisotopic (exact) mass is 337 g/mol. The fraction of sp³-hybridized carbons (Fsp3) is 0.0714. The van der Waals surface area contributed by atoms with Gasteiger partial charge in [-0.3, -0.25) is 4.21 Å². The number of hydrogen-bond acceptors (Lipinski definition) is 2. The van der Waals surface area contributed by atoms with Crippen LogP contribution in [0.25, 0.3) is 0 Å². The second-order valence-corrected chi connectivity index (χ2v) is 6.22. The fourth-order valence-electron chi connectivity index (χ4n) is 1.60. The van der Waals surface area contributed by atoms with Gasteiger partial charge in [0.25, 0.3) is 0 Å². The molecule has 0 fully saturated rings. The van der Waals surface area contributed by atoms with Crippen LogP contribution < -0.4 is 0 Å². The Morgan fingerprint density at radius 2 is 1.89 bits per heavy atom. The first-order valence-electron chi connectivity index (χ1n) is 5.42. The number of nitriles is 1. The van der Waals surface area contributed by atoms with Gasteiger partial charge in [0.1, 0.15) is 5.82 Å². The Labute approximate surface area is 121 Å². The second kappa shape index (κ2) is 6.09. The summed E-state index contributed by atoms with van der Waals surface area (Å²) in [7, 11) is -1.30. The molecule has 0 bridgehead atoms. The van der Waals surface area contributed by atoms with Crippen LogP contribution in [0.3, 0.4) is 0 Å². The van der Waals surface area contributed by atoms with Gasteiger partial charge in [-0.05, 0) is 48.0 Å². The smallest absolute Gasteiger partial charge is 0.123 e. The predicted molar refractivity (Wildman–Crippen MR) is 75.4 cm³/mol. The zero-order valence-electron chi connectivity index (χ0n) is 9.77. The highest BCUT2D eigenvalue weighted by molar-refractivity contribution is 9.10. The van der Waals surface area contributed by atoms with Crippen molar-refractivity contribution in [3.8, 4) is 6.07 Å². The highest BCUT2D eigenvalue weighted by atomic mass is 79.9. The third kappa shape index (κ3) is 3.49. The summed E-state index contributed by atoms with van der Waals surface area (Å²) < 4.78 is 26.2. The number of halogens is 2. The van der Waals surface area contributed by atoms with Gasteiger partial charge in [0, 0.05) is 9.37 Å². The zero-order chi connectivity index (χ0) is 13.8. The maximum absolute atomic E-state index is 13.2. The molecule has 0 aliphatic heterocycles. The molecule has 0 spiro atoms. The zero-order valence-corrected chi connectivity index (χ0v) is 12.2. The van der Waals surface area contributed by atoms with Crippen molar-refractivity contribution >= 4 is 26.7 Å². The van der Waals surface area contributed by atoms with E-state index in [0.29, 0.717) is 16.0 Å². The minimum Gasteiger partial charge on any atom is -0.254 e. The molecule has 0 aliphatic carbocycles. The Kier molecular flexibility index (Phi) is 4.46. The van der Waals surface area contributed by atoms with Gasteiger partial charge in [-0.1, -0.05) is 15.9 Å². The Bertz CT molecular complexity index is 664. The highest BCUT2D eigenvalue weighted by Gasteiger charge is 2.10. The molecule has 19 heavy (non-hydrogen) atoms. The summed E-state index contributed by atoms with van der Waals surface area (Å²) in [5.41, 5.74) is 0.815. The largest absolute Gasteiger partial charge is 0.254 e. The van der Waals surface area contributed by atoms with Crippen molar-refractivity contribution in [3.63, 3.8) is 0 Å². The predicted octanol–water partition coefficient (Wildman–Crippen LogP) is 3.77. The molecule has 2 rings (SSSR count). The number of hydrogen-bond donors (Lipinski definition) is 0. The molecule has 0 amide bonds. The van der Waals surface area contributed by atoms with E-state index >= 15 is 0 Å². The first-order valence-corrected chi connectivity index (χ1v) is 7.54. The van der Waals surface area contributed by atoms with E-state index in [-0.39, 0.29) is 5.75 Å². The van der Waals surface area contributed by atoms with E-state index in [1.54, 1.807) is 24.3 Å². The molecular formula is C14H9BrFNOS. The lowest BCUT2D eigenvalue weighted by Crippen LogP contribution is -1.99. The Hall–Kier alpha value is -1.51. The first-order chi connectivity index (χ1) is 9.10. The molecule has 0 aliphatic rings. The molecule has 2 aromatic rings. The number of rotatable bonds is 3. The van der Waals surface area contributed by atoms with Gasteiger partial charge in [-0.2, -0.15) is 5.26 Å². The Morgan fingerprint density at radius 3 is 2.53 bits per heavy atom. The molecule has 2 nitrogen and oxygen atoms in total. The lowest BCUT2D eigenvalue weighted by atomic mass is 10.1. The van der Waals surface area contributed by atoms with E-state index in [2.05, 4.69) is 15.9 Å². The van der Waals surface area contributed by atoms with Crippen LogP contribution >= 0.6 is 15.9 Å². The topological polar surface area (TPSA) is 40.9 Å². The van der Waals surface area contributed by atoms with Crippen LogP contribution in [0.1, 0.15) is 11.1 Å². The van der Waals surface area contributed by atoms with Gasteiger partial charge in [-0.25, -0.2) is 4.39 Å². The molecule has 0 N–H and O–H groups in total. The summed E-state index contributed by atoms with van der Waals surface area (Å²) in [6.45, 7) is 0. The van der Waals surface area contributed by atoms with Crippen LogP contribution in [0, 0.1) is 17.1 Å². The molecule has 0 radical (unpaired) electrons. The molecule has 5 heteroatoms. The van der Waals surface area contributed by atoms with Gasteiger partial charge >= 0.3 is 0 Å². The molecule has 2 aromatic carbocycles. The lowest BCUT2D eigenvalue weighted by Gasteiger charge is -2.05. The quantitative estimate of drug-likeness (QED) is 0.855. The van der Waals surface area contributed by atoms with E-state index in [0.717, 1.165) is 4.47 Å². The van der Waals surface area contributed by atoms with E-state index in [9.17, 15) is 8.60 Å². The van der Waals surface area contributed by atoms with Crippen molar-refractivity contribution < 1.29 is 8.60 Å². The van der Waals surface area contributed by atoms with Crippen molar-refractivity contribution in [2.24, 2.45) is 0 Å². The summed E-state index contributed by atoms with van der Waals surface area (Å²) in [5, 5.41) is 8.95. The summed E-state index contributed by atoms with van der Waals surface area (Å²) in [6, 6.07) is 12.9. The van der Waals surface area contributed by atoms with E-state index in [1.165, 1.54) is 18.2 Å². The van der Waals surface area contributed by atoms with E-state index < -0.39 is 16.6 Å². The van der Waals surface area contributed by atoms with Gasteiger partial charge < -0.3 is 0 Å². The van der Waals surface area contributed by atoms with Crippen LogP contribution in [0.15, 0.2) is 51.8 Å². The van der Waals surface area contributed by atoms with Crippen molar-refractivity contribution in [2.45, 2.75) is 10.6 Å². The average molecular weight is 338 g/mol. The van der Waals surface area contributed by atoms with Crippen molar-refractivity contribution in [3.05, 3.63) is 63.9 Å². The van der Waals surface area contributed by atoms with Crippen molar-refractivity contribution in [1.29, 1.82) is 5.26 Å². The van der Waals surface area contributed by atoms with Gasteiger partial charge in [-0.15, -0.1) is 0 Å². The Balaban J connectivity index is 2.26. The molecular weight excluding hydrogens is 329 g/mol. The molecule has 1 atom stereocenters. The third-order valence-electron chi connectivity index (χ3n) is 2.55. The molecule has 0 saturated carbocycles. The van der Waals surface area contributed by atoms with E-state index in [4.69, 9.17) is 5.26 Å². The number of nitrogens with zero attached hydrogens (tertiary/aromatic N) is 1. The molecule has 0 saturated heterocycles. The summed E-state index contributed by atoms with van der Waals surface area (Å²) in [5.74, 6) is -0.302. The highest BCUT2D eigenvalue weighted by Crippen LogP contribution is 2.18. The third-order valence-corrected chi connectivity index (χ3v) is 4.45. The molecule has 1 unspecified atom stereocenters. The van der Waals surface area contributed by atoms with Gasteiger partial charge in [0.2, 0.25) is 0 Å². The van der Waals surface area contributed by atoms with Crippen LogP contribution in [0.4, 0.5) is 4.39 Å². The summed E-state index contributed by atoms with van der Waals surface area (Å²) in [4.78, 5) is 0.649. The average Bonchev–Trinajstić information content (AvgIpc) is 2.39. The van der Waals surface area contributed by atoms with Crippen molar-refractivity contribution in [2.75, 3.05) is 0 Å². The lowest BCUT2D eigenvalue weighted by molar-refractivity contribution is 0.626. The van der Waals surface area contributed by atoms with E-state index in [1.807, 2.05) is 6.07 Å². The van der Waals surface area contributed by atoms with Crippen LogP contribution in [0.2, 0.25) is 0 Å². The molecule has 0 heterocycles. The summed E-state index contributed by atoms with van der Waals surface area (Å²) >= 11 is 3.30. The molecule has 0 aromatic heterocycles. The van der Waals surface area contributed by atoms with Crippen LogP contribution in [-0.2, 0) is 16.6 Å². The minimum atomic E-state index is -1.30. The van der Waals surface area contributed by atoms with Gasteiger partial charge in [0.15, 0.2) is 0 Å². The maximum atomic E-state index is 13.2. The minimum absolute atomic E-state index is 0.127. The fourth-order valence-corrected chi connectivity index (χ4v) is 2.99. The number of benzene rings is 2. The van der Waals surface area contributed by atoms with Crippen molar-refractivity contribution in [1.82, 2.24) is 0 Å². The summed E-state index contributed by atoms with van der Waals surface area (Å²) in [6.07, 6.45) is 0. The van der Waals surface area contributed by atoms with Crippen LogP contribution in [0.5, 0.6) is 0 Å². The second-order valence-electron chi connectivity index (χ2n) is 3.86. The normalized spacial score (nSPS) is 11.8. The molecule has 96 valence electrons. The SMILES string of the molecule is N#Cc1ccc(F)cc1CS(=O)c1ccc(Br)cc1. The van der Waals surface area contributed by atoms with Crippen LogP contribution in [-0.4, -0.2) is 4.21 Å². The van der Waals surface area contributed by atoms with Gasteiger partial charge in [0.05, 0.1) is 28.2 Å². The Morgan fingerprint density at radius 1 is 1.21 bits per heavy atom. The maximum Gasteiger partial charge on any atom is 0.123 e.